The molecule has 2 aromatic rings. The minimum atomic E-state index is -0.307. The van der Waals surface area contributed by atoms with Gasteiger partial charge in [0.05, 0.1) is 6.20 Å². The van der Waals surface area contributed by atoms with Gasteiger partial charge in [-0.15, -0.1) is 0 Å². The van der Waals surface area contributed by atoms with Crippen LogP contribution in [0, 0.1) is 17.1 Å². The number of nitriles is 1. The molecule has 0 bridgehead atoms. The molecule has 18 heavy (non-hydrogen) atoms. The Labute approximate surface area is 112 Å². The van der Waals surface area contributed by atoms with Crippen LogP contribution in [-0.2, 0) is 6.54 Å². The van der Waals surface area contributed by atoms with E-state index < -0.39 is 0 Å². The van der Waals surface area contributed by atoms with E-state index in [1.807, 2.05) is 6.07 Å². The summed E-state index contributed by atoms with van der Waals surface area (Å²) in [4.78, 5) is 7.72. The summed E-state index contributed by atoms with van der Waals surface area (Å²) in [6.45, 7) is 0.365. The van der Waals surface area contributed by atoms with Crippen LogP contribution in [0.4, 0.5) is 10.2 Å². The SMILES string of the molecule is N#Cc1cncnc1NCc1cc(F)ccc1Br. The Balaban J connectivity index is 2.17. The molecule has 0 unspecified atom stereocenters. The van der Waals surface area contributed by atoms with E-state index in [0.717, 1.165) is 10.0 Å². The normalized spacial score (nSPS) is 9.83. The van der Waals surface area contributed by atoms with Gasteiger partial charge in [-0.2, -0.15) is 5.26 Å². The number of nitrogens with one attached hydrogen (secondary N) is 1. The van der Waals surface area contributed by atoms with E-state index in [9.17, 15) is 4.39 Å². The van der Waals surface area contributed by atoms with Crippen LogP contribution >= 0.6 is 15.9 Å². The van der Waals surface area contributed by atoms with Gasteiger partial charge >= 0.3 is 0 Å². The van der Waals surface area contributed by atoms with Crippen molar-refractivity contribution in [3.63, 3.8) is 0 Å². The van der Waals surface area contributed by atoms with Crippen LogP contribution in [0.1, 0.15) is 11.1 Å². The maximum Gasteiger partial charge on any atom is 0.147 e. The molecule has 0 saturated heterocycles. The van der Waals surface area contributed by atoms with E-state index in [1.165, 1.54) is 24.7 Å². The molecule has 2 rings (SSSR count). The summed E-state index contributed by atoms with van der Waals surface area (Å²) in [7, 11) is 0. The highest BCUT2D eigenvalue weighted by molar-refractivity contribution is 9.10. The highest BCUT2D eigenvalue weighted by Crippen LogP contribution is 2.19. The van der Waals surface area contributed by atoms with Crippen LogP contribution in [0.15, 0.2) is 35.2 Å². The van der Waals surface area contributed by atoms with E-state index >= 15 is 0 Å². The van der Waals surface area contributed by atoms with Crippen molar-refractivity contribution < 1.29 is 4.39 Å². The van der Waals surface area contributed by atoms with Gasteiger partial charge in [-0.05, 0) is 23.8 Å². The third kappa shape index (κ3) is 2.81. The summed E-state index contributed by atoms with van der Waals surface area (Å²) in [5.41, 5.74) is 1.10. The van der Waals surface area contributed by atoms with Crippen molar-refractivity contribution in [2.75, 3.05) is 5.32 Å². The Kier molecular flexibility index (Phi) is 3.85. The summed E-state index contributed by atoms with van der Waals surface area (Å²) in [6.07, 6.45) is 2.78. The van der Waals surface area contributed by atoms with Gasteiger partial charge in [-0.3, -0.25) is 0 Å². The second-order valence-corrected chi connectivity index (χ2v) is 4.34. The zero-order valence-electron chi connectivity index (χ0n) is 9.19. The number of hydrogen-bond donors (Lipinski definition) is 1. The van der Waals surface area contributed by atoms with Gasteiger partial charge in [0.25, 0.3) is 0 Å². The predicted octanol–water partition coefficient (Wildman–Crippen LogP) is 2.86. The zero-order valence-corrected chi connectivity index (χ0v) is 10.8. The number of anilines is 1. The van der Waals surface area contributed by atoms with Crippen molar-refractivity contribution in [2.24, 2.45) is 0 Å². The first-order valence-electron chi connectivity index (χ1n) is 5.08. The third-order valence-electron chi connectivity index (χ3n) is 2.29. The first kappa shape index (κ1) is 12.5. The molecule has 6 heteroatoms. The standard InChI is InChI=1S/C12H8BrFN4/c13-11-2-1-10(14)3-8(11)6-17-12-9(4-15)5-16-7-18-12/h1-3,5,7H,6H2,(H,16,17,18). The Morgan fingerprint density at radius 2 is 2.28 bits per heavy atom. The molecule has 0 radical (unpaired) electrons. The number of hydrogen-bond acceptors (Lipinski definition) is 4. The molecule has 0 aliphatic rings. The fraction of sp³-hybridized carbons (Fsp3) is 0.0833. The molecule has 0 atom stereocenters. The molecule has 0 aliphatic heterocycles. The van der Waals surface area contributed by atoms with Crippen LogP contribution in [0.25, 0.3) is 0 Å². The van der Waals surface area contributed by atoms with Crippen molar-refractivity contribution in [2.45, 2.75) is 6.54 Å². The van der Waals surface area contributed by atoms with Crippen LogP contribution in [-0.4, -0.2) is 9.97 Å². The first-order valence-corrected chi connectivity index (χ1v) is 5.88. The Bertz CT molecular complexity index is 609. The van der Waals surface area contributed by atoms with Crippen molar-refractivity contribution >= 4 is 21.7 Å². The van der Waals surface area contributed by atoms with Gasteiger partial charge in [-0.25, -0.2) is 14.4 Å². The number of benzene rings is 1. The van der Waals surface area contributed by atoms with E-state index in [4.69, 9.17) is 5.26 Å². The lowest BCUT2D eigenvalue weighted by Crippen LogP contribution is -2.04. The molecule has 0 spiro atoms. The molecule has 90 valence electrons. The highest BCUT2D eigenvalue weighted by atomic mass is 79.9. The number of nitrogens with zero attached hydrogens (tertiary/aromatic N) is 3. The number of aromatic nitrogens is 2. The van der Waals surface area contributed by atoms with E-state index in [-0.39, 0.29) is 5.82 Å². The molecule has 0 saturated carbocycles. The lowest BCUT2D eigenvalue weighted by Gasteiger charge is -2.08. The van der Waals surface area contributed by atoms with E-state index in [1.54, 1.807) is 6.07 Å². The minimum Gasteiger partial charge on any atom is -0.365 e. The molecule has 1 aromatic carbocycles. The summed E-state index contributed by atoms with van der Waals surface area (Å²) in [5, 5.41) is 11.9. The average Bonchev–Trinajstić information content (AvgIpc) is 2.40. The molecule has 4 nitrogen and oxygen atoms in total. The van der Waals surface area contributed by atoms with Crippen LogP contribution in [0.5, 0.6) is 0 Å². The van der Waals surface area contributed by atoms with Crippen molar-refractivity contribution in [3.8, 4) is 6.07 Å². The molecule has 1 N–H and O–H groups in total. The average molecular weight is 307 g/mol. The monoisotopic (exact) mass is 306 g/mol. The largest absolute Gasteiger partial charge is 0.365 e. The number of rotatable bonds is 3. The third-order valence-corrected chi connectivity index (χ3v) is 3.06. The summed E-state index contributed by atoms with van der Waals surface area (Å²) < 4.78 is 13.9. The second kappa shape index (κ2) is 5.56. The van der Waals surface area contributed by atoms with Gasteiger partial charge in [-0.1, -0.05) is 15.9 Å². The highest BCUT2D eigenvalue weighted by Gasteiger charge is 2.05. The van der Waals surface area contributed by atoms with Gasteiger partial charge < -0.3 is 5.32 Å². The molecule has 1 heterocycles. The molecule has 0 fully saturated rings. The molecular weight excluding hydrogens is 299 g/mol. The molecule has 1 aromatic heterocycles. The van der Waals surface area contributed by atoms with Crippen molar-refractivity contribution in [3.05, 3.63) is 52.1 Å². The van der Waals surface area contributed by atoms with Crippen molar-refractivity contribution in [1.82, 2.24) is 9.97 Å². The fourth-order valence-electron chi connectivity index (χ4n) is 1.41. The van der Waals surface area contributed by atoms with Gasteiger partial charge in [0.2, 0.25) is 0 Å². The minimum absolute atomic E-state index is 0.307. The maximum atomic E-state index is 13.1. The lowest BCUT2D eigenvalue weighted by molar-refractivity contribution is 0.625. The summed E-state index contributed by atoms with van der Waals surface area (Å²) in [5.74, 6) is 0.127. The zero-order chi connectivity index (χ0) is 13.0. The van der Waals surface area contributed by atoms with Crippen molar-refractivity contribution in [1.29, 1.82) is 5.26 Å². The first-order chi connectivity index (χ1) is 8.70. The van der Waals surface area contributed by atoms with Gasteiger partial charge in [0.15, 0.2) is 0 Å². The van der Waals surface area contributed by atoms with Crippen LogP contribution < -0.4 is 5.32 Å². The second-order valence-electron chi connectivity index (χ2n) is 3.49. The summed E-state index contributed by atoms with van der Waals surface area (Å²) >= 11 is 3.34. The quantitative estimate of drug-likeness (QED) is 0.947. The smallest absolute Gasteiger partial charge is 0.147 e. The Morgan fingerprint density at radius 1 is 1.44 bits per heavy atom. The van der Waals surface area contributed by atoms with Gasteiger partial charge in [0, 0.05) is 11.0 Å². The van der Waals surface area contributed by atoms with Gasteiger partial charge in [0.1, 0.15) is 29.6 Å². The molecule has 0 aliphatic carbocycles. The molecule has 0 amide bonds. The van der Waals surface area contributed by atoms with Crippen LogP contribution in [0.2, 0.25) is 0 Å². The predicted molar refractivity (Wildman–Crippen MR) is 68.2 cm³/mol. The Hall–Kier alpha value is -2.00. The fourth-order valence-corrected chi connectivity index (χ4v) is 1.80. The van der Waals surface area contributed by atoms with E-state index in [2.05, 4.69) is 31.2 Å². The lowest BCUT2D eigenvalue weighted by atomic mass is 10.2. The number of halogens is 2. The topological polar surface area (TPSA) is 61.6 Å². The molecular formula is C12H8BrFN4. The Morgan fingerprint density at radius 3 is 3.06 bits per heavy atom. The summed E-state index contributed by atoms with van der Waals surface area (Å²) in [6, 6.07) is 6.42. The van der Waals surface area contributed by atoms with E-state index in [0.29, 0.717) is 17.9 Å². The maximum absolute atomic E-state index is 13.1. The van der Waals surface area contributed by atoms with Crippen LogP contribution in [0.3, 0.4) is 0 Å².